The first-order valence-corrected chi connectivity index (χ1v) is 7.45. The summed E-state index contributed by atoms with van der Waals surface area (Å²) in [6.07, 6.45) is 0. The Hall–Kier alpha value is -1.51. The van der Waals surface area contributed by atoms with E-state index in [9.17, 15) is 4.79 Å². The number of hydrogen-bond acceptors (Lipinski definition) is 3. The predicted octanol–water partition coefficient (Wildman–Crippen LogP) is 1.75. The zero-order valence-electron chi connectivity index (χ0n) is 14.0. The van der Waals surface area contributed by atoms with Crippen LogP contribution in [0.15, 0.2) is 35.3 Å². The van der Waals surface area contributed by atoms with E-state index in [0.717, 1.165) is 12.3 Å². The van der Waals surface area contributed by atoms with Gasteiger partial charge in [-0.05, 0) is 32.9 Å². The highest BCUT2D eigenvalue weighted by molar-refractivity contribution is 14.0. The van der Waals surface area contributed by atoms with Crippen molar-refractivity contribution in [3.8, 4) is 5.75 Å². The summed E-state index contributed by atoms with van der Waals surface area (Å²) < 4.78 is 5.60. The van der Waals surface area contributed by atoms with Gasteiger partial charge >= 0.3 is 0 Å². The molecular formula is C16H27IN4O2. The lowest BCUT2D eigenvalue weighted by atomic mass is 9.93. The molecule has 0 atom stereocenters. The van der Waals surface area contributed by atoms with Crippen LogP contribution in [-0.2, 0) is 4.79 Å². The molecule has 6 nitrogen and oxygen atoms in total. The van der Waals surface area contributed by atoms with Gasteiger partial charge in [-0.25, -0.2) is 0 Å². The van der Waals surface area contributed by atoms with Crippen LogP contribution in [0.25, 0.3) is 0 Å². The minimum Gasteiger partial charge on any atom is -0.492 e. The van der Waals surface area contributed by atoms with Gasteiger partial charge in [-0.15, -0.1) is 24.0 Å². The van der Waals surface area contributed by atoms with Crippen LogP contribution >= 0.6 is 24.0 Å². The van der Waals surface area contributed by atoms with Gasteiger partial charge in [0.15, 0.2) is 5.96 Å². The molecule has 130 valence electrons. The highest BCUT2D eigenvalue weighted by Crippen LogP contribution is 2.13. The highest BCUT2D eigenvalue weighted by Gasteiger charge is 2.24. The van der Waals surface area contributed by atoms with Crippen molar-refractivity contribution in [1.82, 2.24) is 10.6 Å². The molecule has 0 fully saturated rings. The van der Waals surface area contributed by atoms with Gasteiger partial charge in [0.05, 0.1) is 18.5 Å². The predicted molar refractivity (Wildman–Crippen MR) is 104 cm³/mol. The molecule has 0 aliphatic carbocycles. The number of hydrogen-bond donors (Lipinski definition) is 3. The van der Waals surface area contributed by atoms with Gasteiger partial charge in [-0.2, -0.15) is 0 Å². The van der Waals surface area contributed by atoms with Crippen molar-refractivity contribution in [3.63, 3.8) is 0 Å². The first-order chi connectivity index (χ1) is 10.5. The zero-order chi connectivity index (χ0) is 16.4. The maximum Gasteiger partial charge on any atom is 0.224 e. The van der Waals surface area contributed by atoms with Crippen molar-refractivity contribution in [3.05, 3.63) is 30.3 Å². The molecule has 0 aromatic heterocycles. The monoisotopic (exact) mass is 434 g/mol. The van der Waals surface area contributed by atoms with E-state index in [1.807, 2.05) is 37.3 Å². The molecule has 1 rings (SSSR count). The minimum absolute atomic E-state index is 0. The van der Waals surface area contributed by atoms with Crippen LogP contribution < -0.4 is 21.1 Å². The fourth-order valence-electron chi connectivity index (χ4n) is 1.55. The molecule has 0 radical (unpaired) electrons. The largest absolute Gasteiger partial charge is 0.492 e. The summed E-state index contributed by atoms with van der Waals surface area (Å²) in [6, 6.07) is 9.63. The number of nitrogens with zero attached hydrogens (tertiary/aromatic N) is 1. The minimum atomic E-state index is -0.664. The van der Waals surface area contributed by atoms with E-state index in [2.05, 4.69) is 15.6 Å². The van der Waals surface area contributed by atoms with Crippen molar-refractivity contribution in [2.45, 2.75) is 20.8 Å². The SMILES string of the molecule is CCNC(=NCC(C)(C)C(N)=O)NCCOc1ccccc1.I. The van der Waals surface area contributed by atoms with Crippen molar-refractivity contribution in [1.29, 1.82) is 0 Å². The Morgan fingerprint density at radius 3 is 2.48 bits per heavy atom. The van der Waals surface area contributed by atoms with Crippen LogP contribution in [-0.4, -0.2) is 38.1 Å². The Bertz CT molecular complexity index is 492. The molecule has 0 saturated carbocycles. The molecule has 1 aromatic rings. The smallest absolute Gasteiger partial charge is 0.224 e. The fraction of sp³-hybridized carbons (Fsp3) is 0.500. The molecule has 1 amide bonds. The van der Waals surface area contributed by atoms with E-state index in [0.29, 0.717) is 25.7 Å². The second-order valence-electron chi connectivity index (χ2n) is 5.53. The average Bonchev–Trinajstić information content (AvgIpc) is 2.50. The molecule has 0 unspecified atom stereocenters. The summed E-state index contributed by atoms with van der Waals surface area (Å²) >= 11 is 0. The number of para-hydroxylation sites is 1. The topological polar surface area (TPSA) is 88.7 Å². The number of primary amides is 1. The maximum atomic E-state index is 11.3. The normalized spacial score (nSPS) is 11.3. The number of rotatable bonds is 8. The highest BCUT2D eigenvalue weighted by atomic mass is 127. The Morgan fingerprint density at radius 1 is 1.26 bits per heavy atom. The first-order valence-electron chi connectivity index (χ1n) is 7.45. The van der Waals surface area contributed by atoms with Gasteiger partial charge in [0.25, 0.3) is 0 Å². The molecule has 0 heterocycles. The van der Waals surface area contributed by atoms with E-state index in [1.54, 1.807) is 13.8 Å². The van der Waals surface area contributed by atoms with Crippen LogP contribution in [0, 0.1) is 5.41 Å². The van der Waals surface area contributed by atoms with Crippen molar-refractivity contribution in [2.24, 2.45) is 16.1 Å². The van der Waals surface area contributed by atoms with Crippen molar-refractivity contribution < 1.29 is 9.53 Å². The van der Waals surface area contributed by atoms with Crippen LogP contribution in [0.2, 0.25) is 0 Å². The number of benzene rings is 1. The number of carbonyl (C=O) groups is 1. The molecule has 0 bridgehead atoms. The van der Waals surface area contributed by atoms with E-state index in [-0.39, 0.29) is 29.9 Å². The van der Waals surface area contributed by atoms with Crippen molar-refractivity contribution >= 4 is 35.8 Å². The van der Waals surface area contributed by atoms with Gasteiger partial charge in [0.1, 0.15) is 12.4 Å². The molecule has 7 heteroatoms. The third-order valence-corrected chi connectivity index (χ3v) is 3.05. The van der Waals surface area contributed by atoms with Crippen LogP contribution in [0.3, 0.4) is 0 Å². The van der Waals surface area contributed by atoms with Crippen LogP contribution in [0.1, 0.15) is 20.8 Å². The first kappa shape index (κ1) is 21.5. The fourth-order valence-corrected chi connectivity index (χ4v) is 1.55. The lowest BCUT2D eigenvalue weighted by molar-refractivity contribution is -0.125. The lowest BCUT2D eigenvalue weighted by Gasteiger charge is -2.19. The second kappa shape index (κ2) is 11.1. The van der Waals surface area contributed by atoms with E-state index >= 15 is 0 Å². The average molecular weight is 434 g/mol. The summed E-state index contributed by atoms with van der Waals surface area (Å²) in [5, 5.41) is 6.29. The van der Waals surface area contributed by atoms with Crippen LogP contribution in [0.5, 0.6) is 5.75 Å². The van der Waals surface area contributed by atoms with Gasteiger partial charge in [-0.3, -0.25) is 9.79 Å². The number of amides is 1. The second-order valence-corrected chi connectivity index (χ2v) is 5.53. The standard InChI is InChI=1S/C16H26N4O2.HI/c1-4-18-15(20-12-16(2,3)14(17)21)19-10-11-22-13-8-6-5-7-9-13;/h5-9H,4,10-12H2,1-3H3,(H2,17,21)(H2,18,19,20);1H. The maximum absolute atomic E-state index is 11.3. The van der Waals surface area contributed by atoms with Gasteiger partial charge in [-0.1, -0.05) is 18.2 Å². The number of aliphatic imine (C=N–C) groups is 1. The van der Waals surface area contributed by atoms with Gasteiger partial charge in [0, 0.05) is 6.54 Å². The number of halogens is 1. The molecule has 0 aliphatic heterocycles. The number of nitrogens with one attached hydrogen (secondary N) is 2. The molecule has 4 N–H and O–H groups in total. The molecule has 0 saturated heterocycles. The lowest BCUT2D eigenvalue weighted by Crippen LogP contribution is -2.41. The Kier molecular flexibility index (Phi) is 10.4. The number of carbonyl (C=O) groups excluding carboxylic acids is 1. The van der Waals surface area contributed by atoms with Crippen molar-refractivity contribution in [2.75, 3.05) is 26.2 Å². The number of nitrogens with two attached hydrogens (primary N) is 1. The van der Waals surface area contributed by atoms with E-state index < -0.39 is 5.41 Å². The summed E-state index contributed by atoms with van der Waals surface area (Å²) in [5.74, 6) is 1.12. The summed E-state index contributed by atoms with van der Waals surface area (Å²) in [7, 11) is 0. The summed E-state index contributed by atoms with van der Waals surface area (Å²) in [5.41, 5.74) is 4.68. The molecule has 0 spiro atoms. The molecule has 1 aromatic carbocycles. The molecule has 0 aliphatic rings. The Morgan fingerprint density at radius 2 is 1.91 bits per heavy atom. The zero-order valence-corrected chi connectivity index (χ0v) is 16.3. The van der Waals surface area contributed by atoms with E-state index in [4.69, 9.17) is 10.5 Å². The third kappa shape index (κ3) is 8.63. The van der Waals surface area contributed by atoms with Gasteiger partial charge < -0.3 is 21.1 Å². The third-order valence-electron chi connectivity index (χ3n) is 3.05. The van der Waals surface area contributed by atoms with Gasteiger partial charge in [0.2, 0.25) is 5.91 Å². The quantitative estimate of drug-likeness (QED) is 0.252. The Labute approximate surface area is 155 Å². The van der Waals surface area contributed by atoms with Crippen LogP contribution in [0.4, 0.5) is 0 Å². The summed E-state index contributed by atoms with van der Waals surface area (Å²) in [4.78, 5) is 15.7. The number of ether oxygens (including phenoxy) is 1. The van der Waals surface area contributed by atoms with E-state index in [1.165, 1.54) is 0 Å². The molecular weight excluding hydrogens is 407 g/mol. The summed E-state index contributed by atoms with van der Waals surface area (Å²) in [6.45, 7) is 7.74. The molecule has 23 heavy (non-hydrogen) atoms. The Balaban J connectivity index is 0.00000484. The number of guanidine groups is 1.